The molecule has 0 spiro atoms. The molecule has 0 aliphatic heterocycles. The normalized spacial score (nSPS) is 8.94. The lowest BCUT2D eigenvalue weighted by molar-refractivity contribution is -0.384. The minimum atomic E-state index is -0.844. The first-order chi connectivity index (χ1) is 7.99. The molecule has 1 aromatic carbocycles. The maximum atomic E-state index is 13.4. The predicted molar refractivity (Wildman–Crippen MR) is 57.3 cm³/mol. The maximum absolute atomic E-state index is 13.4. The second-order valence-corrected chi connectivity index (χ2v) is 3.27. The summed E-state index contributed by atoms with van der Waals surface area (Å²) in [7, 11) is 0. The molecule has 1 rings (SSSR count). The molecule has 5 nitrogen and oxygen atoms in total. The number of nitrogens with zero attached hydrogens (tertiary/aromatic N) is 3. The minimum Gasteiger partial charge on any atom is -0.258 e. The Balaban J connectivity index is 3.42. The second kappa shape index (κ2) is 5.06. The van der Waals surface area contributed by atoms with E-state index in [1.165, 1.54) is 12.1 Å². The molecule has 0 unspecified atom stereocenters. The molecule has 0 bridgehead atoms. The van der Waals surface area contributed by atoms with Gasteiger partial charge in [-0.3, -0.25) is 10.1 Å². The minimum absolute atomic E-state index is 0.237. The van der Waals surface area contributed by atoms with Gasteiger partial charge in [0.1, 0.15) is 28.6 Å². The highest BCUT2D eigenvalue weighted by atomic mass is 35.5. The molecule has 0 aromatic heterocycles. The molecule has 1 aromatic rings. The highest BCUT2D eigenvalue weighted by Crippen LogP contribution is 2.28. The Morgan fingerprint density at radius 2 is 2.06 bits per heavy atom. The van der Waals surface area contributed by atoms with Crippen molar-refractivity contribution in [3.8, 4) is 12.1 Å². The summed E-state index contributed by atoms with van der Waals surface area (Å²) in [6, 6.07) is 4.67. The van der Waals surface area contributed by atoms with E-state index in [2.05, 4.69) is 0 Å². The third-order valence-corrected chi connectivity index (χ3v) is 2.11. The van der Waals surface area contributed by atoms with Gasteiger partial charge in [0, 0.05) is 17.7 Å². The van der Waals surface area contributed by atoms with E-state index in [0.29, 0.717) is 0 Å². The number of hydrogen-bond donors (Lipinski definition) is 0. The van der Waals surface area contributed by atoms with Gasteiger partial charge in [-0.15, -0.1) is 0 Å². The van der Waals surface area contributed by atoms with Crippen molar-refractivity contribution in [2.45, 2.75) is 0 Å². The number of nitriles is 2. The number of halogens is 2. The van der Waals surface area contributed by atoms with Crippen molar-refractivity contribution in [2.24, 2.45) is 0 Å². The lowest BCUT2D eigenvalue weighted by Crippen LogP contribution is -1.93. The highest BCUT2D eigenvalue weighted by Gasteiger charge is 2.16. The molecule has 0 N–H and O–H groups in total. The van der Waals surface area contributed by atoms with Crippen molar-refractivity contribution >= 4 is 23.4 Å². The van der Waals surface area contributed by atoms with Crippen LogP contribution in [0.5, 0.6) is 0 Å². The van der Waals surface area contributed by atoms with Crippen LogP contribution in [0.15, 0.2) is 17.7 Å². The second-order valence-electron chi connectivity index (χ2n) is 2.86. The van der Waals surface area contributed by atoms with E-state index < -0.39 is 16.4 Å². The van der Waals surface area contributed by atoms with Crippen LogP contribution in [0.25, 0.3) is 6.08 Å². The van der Waals surface area contributed by atoms with Crippen LogP contribution in [-0.2, 0) is 0 Å². The van der Waals surface area contributed by atoms with Gasteiger partial charge in [0.15, 0.2) is 0 Å². The summed E-state index contributed by atoms with van der Waals surface area (Å²) < 4.78 is 13.4. The predicted octanol–water partition coefficient (Wildman–Crippen LogP) is 2.82. The van der Waals surface area contributed by atoms with Gasteiger partial charge in [-0.2, -0.15) is 10.5 Å². The average Bonchev–Trinajstić information content (AvgIpc) is 2.27. The smallest absolute Gasteiger partial charge is 0.258 e. The number of hydrogen-bond acceptors (Lipinski definition) is 4. The number of allylic oxidation sites excluding steroid dienone is 1. The van der Waals surface area contributed by atoms with Crippen molar-refractivity contribution in [1.82, 2.24) is 0 Å². The van der Waals surface area contributed by atoms with E-state index in [1.54, 1.807) is 0 Å². The molecule has 7 heteroatoms. The first-order valence-corrected chi connectivity index (χ1v) is 4.52. The number of nitro benzene ring substituents is 1. The number of rotatable bonds is 2. The van der Waals surface area contributed by atoms with Gasteiger partial charge in [-0.05, 0) is 6.08 Å². The molecule has 0 aliphatic carbocycles. The van der Waals surface area contributed by atoms with Gasteiger partial charge < -0.3 is 0 Å². The Morgan fingerprint density at radius 1 is 1.47 bits per heavy atom. The molecule has 0 atom stereocenters. The topological polar surface area (TPSA) is 90.7 Å². The molecule has 17 heavy (non-hydrogen) atoms. The lowest BCUT2D eigenvalue weighted by Gasteiger charge is -1.99. The zero-order valence-electron chi connectivity index (χ0n) is 8.15. The Morgan fingerprint density at radius 3 is 2.53 bits per heavy atom. The summed E-state index contributed by atoms with van der Waals surface area (Å²) in [6.45, 7) is 0. The molecule has 0 radical (unpaired) electrons. The molecule has 0 aliphatic rings. The SMILES string of the molecule is N#CC(C#N)=Cc1cc([N+](=O)[O-])c(Cl)cc1F. The van der Waals surface area contributed by atoms with Gasteiger partial charge in [0.25, 0.3) is 5.69 Å². The zero-order valence-corrected chi connectivity index (χ0v) is 8.90. The van der Waals surface area contributed by atoms with Crippen LogP contribution < -0.4 is 0 Å². The van der Waals surface area contributed by atoms with Crippen LogP contribution in [-0.4, -0.2) is 4.92 Å². The molecule has 0 fully saturated rings. The molecule has 0 saturated carbocycles. The average molecular weight is 252 g/mol. The molecule has 0 heterocycles. The Kier molecular flexibility index (Phi) is 3.76. The summed E-state index contributed by atoms with van der Waals surface area (Å²) in [5.74, 6) is -0.844. The molecular weight excluding hydrogens is 249 g/mol. The van der Waals surface area contributed by atoms with Crippen molar-refractivity contribution in [3.05, 3.63) is 44.2 Å². The quantitative estimate of drug-likeness (QED) is 0.459. The lowest BCUT2D eigenvalue weighted by atomic mass is 10.1. The van der Waals surface area contributed by atoms with E-state index >= 15 is 0 Å². The van der Waals surface area contributed by atoms with Gasteiger partial charge >= 0.3 is 0 Å². The third-order valence-electron chi connectivity index (χ3n) is 1.80. The van der Waals surface area contributed by atoms with Crippen molar-refractivity contribution < 1.29 is 9.31 Å². The third kappa shape index (κ3) is 2.77. The fourth-order valence-corrected chi connectivity index (χ4v) is 1.27. The Bertz CT molecular complexity index is 583. The van der Waals surface area contributed by atoms with Crippen LogP contribution in [0.3, 0.4) is 0 Å². The molecular formula is C10H3ClFN3O2. The van der Waals surface area contributed by atoms with Crippen LogP contribution in [0.4, 0.5) is 10.1 Å². The van der Waals surface area contributed by atoms with Crippen molar-refractivity contribution in [1.29, 1.82) is 10.5 Å². The van der Waals surface area contributed by atoms with Gasteiger partial charge in [-0.1, -0.05) is 11.6 Å². The zero-order chi connectivity index (χ0) is 13.0. The summed E-state index contributed by atoms with van der Waals surface area (Å²) >= 11 is 5.47. The number of benzene rings is 1. The first-order valence-electron chi connectivity index (χ1n) is 4.15. The highest BCUT2D eigenvalue weighted by molar-refractivity contribution is 6.32. The maximum Gasteiger partial charge on any atom is 0.288 e. The van der Waals surface area contributed by atoms with E-state index in [4.69, 9.17) is 22.1 Å². The summed E-state index contributed by atoms with van der Waals surface area (Å²) in [5.41, 5.74) is -1.09. The van der Waals surface area contributed by atoms with E-state index in [9.17, 15) is 14.5 Å². The molecule has 0 saturated heterocycles. The largest absolute Gasteiger partial charge is 0.288 e. The summed E-state index contributed by atoms with van der Waals surface area (Å²) in [4.78, 5) is 9.78. The van der Waals surface area contributed by atoms with Crippen LogP contribution in [0, 0.1) is 38.6 Å². The van der Waals surface area contributed by atoms with Crippen LogP contribution in [0.1, 0.15) is 5.56 Å². The summed E-state index contributed by atoms with van der Waals surface area (Å²) in [6.07, 6.45) is 0.915. The molecule has 84 valence electrons. The monoisotopic (exact) mass is 251 g/mol. The number of nitro groups is 1. The Hall–Kier alpha value is -2.44. The van der Waals surface area contributed by atoms with Crippen molar-refractivity contribution in [3.63, 3.8) is 0 Å². The van der Waals surface area contributed by atoms with E-state index in [1.807, 2.05) is 0 Å². The van der Waals surface area contributed by atoms with E-state index in [-0.39, 0.29) is 16.2 Å². The van der Waals surface area contributed by atoms with Crippen LogP contribution in [0.2, 0.25) is 5.02 Å². The van der Waals surface area contributed by atoms with Gasteiger partial charge in [0.05, 0.1) is 4.92 Å². The fourth-order valence-electron chi connectivity index (χ4n) is 1.05. The standard InChI is InChI=1S/C10H3ClFN3O2/c11-8-3-9(12)7(1-6(4-13)5-14)2-10(8)15(16)17/h1-3H. The summed E-state index contributed by atoms with van der Waals surface area (Å²) in [5, 5.41) is 27.2. The van der Waals surface area contributed by atoms with Crippen molar-refractivity contribution in [2.75, 3.05) is 0 Å². The molecule has 0 amide bonds. The van der Waals surface area contributed by atoms with E-state index in [0.717, 1.165) is 18.2 Å². The Labute approximate surface area is 100 Å². The first kappa shape index (κ1) is 12.6. The van der Waals surface area contributed by atoms with Gasteiger partial charge in [0.2, 0.25) is 0 Å². The van der Waals surface area contributed by atoms with Gasteiger partial charge in [-0.25, -0.2) is 4.39 Å². The fraction of sp³-hybridized carbons (Fsp3) is 0. The van der Waals surface area contributed by atoms with Crippen LogP contribution >= 0.6 is 11.6 Å².